The Kier molecular flexibility index (Phi) is 3.67. The van der Waals surface area contributed by atoms with Gasteiger partial charge in [0.15, 0.2) is 0 Å². The molecule has 0 radical (unpaired) electrons. The second kappa shape index (κ2) is 6.63. The molecule has 6 aromatic rings. The van der Waals surface area contributed by atoms with E-state index in [0.717, 1.165) is 55.6 Å². The number of aromatic nitrogens is 6. The van der Waals surface area contributed by atoms with E-state index in [0.29, 0.717) is 0 Å². The maximum Gasteiger partial charge on any atom is 0.116 e. The van der Waals surface area contributed by atoms with E-state index in [4.69, 9.17) is 0 Å². The van der Waals surface area contributed by atoms with E-state index < -0.39 is 0 Å². The van der Waals surface area contributed by atoms with Gasteiger partial charge < -0.3 is 4.98 Å². The third-order valence-electron chi connectivity index (χ3n) is 5.31. The SMILES string of the molecule is c1cncc(-c2cccc3[nH]c(-c4n[nH]c5ccc(-c6cnccn6)cc45)cc23)c1. The Bertz CT molecular complexity index is 1480. The van der Waals surface area contributed by atoms with E-state index in [1.165, 1.54) is 0 Å². The number of hydrogen-bond donors (Lipinski definition) is 2. The summed E-state index contributed by atoms with van der Waals surface area (Å²) in [5.41, 5.74) is 7.95. The molecule has 0 saturated heterocycles. The van der Waals surface area contributed by atoms with Crippen LogP contribution in [0.2, 0.25) is 0 Å². The van der Waals surface area contributed by atoms with Gasteiger partial charge in [0, 0.05) is 52.2 Å². The fraction of sp³-hybridized carbons (Fsp3) is 0. The van der Waals surface area contributed by atoms with Gasteiger partial charge in [0.25, 0.3) is 0 Å². The molecule has 0 aliphatic rings. The standard InChI is InChI=1S/C24H16N6/c1-4-17(16-3-2-8-25-13-16)18-12-22(28-20(18)5-1)24-19-11-15(6-7-21(19)29-30-24)23-14-26-9-10-27-23/h1-14,28H,(H,29,30). The van der Waals surface area contributed by atoms with Crippen LogP contribution < -0.4 is 0 Å². The zero-order valence-electron chi connectivity index (χ0n) is 15.9. The van der Waals surface area contributed by atoms with Crippen LogP contribution in [-0.2, 0) is 0 Å². The summed E-state index contributed by atoms with van der Waals surface area (Å²) < 4.78 is 0. The normalized spacial score (nSPS) is 11.3. The lowest BCUT2D eigenvalue weighted by Gasteiger charge is -2.02. The maximum atomic E-state index is 4.59. The highest BCUT2D eigenvalue weighted by atomic mass is 15.1. The molecule has 0 atom stereocenters. The van der Waals surface area contributed by atoms with Crippen LogP contribution in [0, 0.1) is 0 Å². The molecular formula is C24H16N6. The number of nitrogens with one attached hydrogen (secondary N) is 2. The van der Waals surface area contributed by atoms with Crippen molar-refractivity contribution >= 4 is 21.8 Å². The monoisotopic (exact) mass is 388 g/mol. The summed E-state index contributed by atoms with van der Waals surface area (Å²) in [6.45, 7) is 0. The summed E-state index contributed by atoms with van der Waals surface area (Å²) in [7, 11) is 0. The topological polar surface area (TPSA) is 83.1 Å². The minimum absolute atomic E-state index is 0.835. The second-order valence-corrected chi connectivity index (χ2v) is 7.11. The summed E-state index contributed by atoms with van der Waals surface area (Å²) in [6, 6.07) is 18.6. The minimum atomic E-state index is 0.835. The number of aromatic amines is 2. The lowest BCUT2D eigenvalue weighted by Crippen LogP contribution is -1.84. The molecular weight excluding hydrogens is 372 g/mol. The van der Waals surface area contributed by atoms with Crippen LogP contribution in [0.25, 0.3) is 55.6 Å². The zero-order chi connectivity index (χ0) is 19.9. The van der Waals surface area contributed by atoms with E-state index in [2.05, 4.69) is 66.5 Å². The molecule has 30 heavy (non-hydrogen) atoms. The molecule has 4 aromatic heterocycles. The number of rotatable bonds is 3. The molecule has 142 valence electrons. The van der Waals surface area contributed by atoms with Gasteiger partial charge >= 0.3 is 0 Å². The van der Waals surface area contributed by atoms with Crippen LogP contribution in [0.1, 0.15) is 0 Å². The quantitative estimate of drug-likeness (QED) is 0.435. The average Bonchev–Trinajstić information content (AvgIpc) is 3.43. The summed E-state index contributed by atoms with van der Waals surface area (Å²) in [4.78, 5) is 16.4. The fourth-order valence-electron chi connectivity index (χ4n) is 3.88. The molecule has 6 rings (SSSR count). The van der Waals surface area contributed by atoms with Crippen LogP contribution in [0.15, 0.2) is 85.6 Å². The Balaban J connectivity index is 1.52. The van der Waals surface area contributed by atoms with Gasteiger partial charge in [0.05, 0.1) is 23.1 Å². The van der Waals surface area contributed by atoms with Crippen molar-refractivity contribution in [3.05, 3.63) is 85.6 Å². The highest BCUT2D eigenvalue weighted by Gasteiger charge is 2.14. The first-order valence-electron chi connectivity index (χ1n) is 9.64. The van der Waals surface area contributed by atoms with E-state index >= 15 is 0 Å². The lowest BCUT2D eigenvalue weighted by molar-refractivity contribution is 1.12. The average molecular weight is 388 g/mol. The Morgan fingerprint density at radius 3 is 2.53 bits per heavy atom. The Morgan fingerprint density at radius 2 is 1.67 bits per heavy atom. The zero-order valence-corrected chi connectivity index (χ0v) is 15.9. The molecule has 0 spiro atoms. The molecule has 0 unspecified atom stereocenters. The molecule has 0 aliphatic carbocycles. The van der Waals surface area contributed by atoms with Crippen LogP contribution in [-0.4, -0.2) is 30.1 Å². The summed E-state index contributed by atoms with van der Waals surface area (Å²) in [5.74, 6) is 0. The van der Waals surface area contributed by atoms with Crippen molar-refractivity contribution in [2.75, 3.05) is 0 Å². The lowest BCUT2D eigenvalue weighted by atomic mass is 10.0. The molecule has 0 amide bonds. The Morgan fingerprint density at radius 1 is 0.700 bits per heavy atom. The van der Waals surface area contributed by atoms with Gasteiger partial charge in [-0.3, -0.25) is 20.1 Å². The molecule has 0 aliphatic heterocycles. The van der Waals surface area contributed by atoms with Crippen molar-refractivity contribution in [3.63, 3.8) is 0 Å². The molecule has 0 saturated carbocycles. The van der Waals surface area contributed by atoms with Crippen molar-refractivity contribution < 1.29 is 0 Å². The first-order valence-corrected chi connectivity index (χ1v) is 9.64. The van der Waals surface area contributed by atoms with Gasteiger partial charge in [-0.1, -0.05) is 24.3 Å². The Labute approximate surface area is 171 Å². The molecule has 6 heteroatoms. The van der Waals surface area contributed by atoms with Gasteiger partial charge in [0.2, 0.25) is 0 Å². The van der Waals surface area contributed by atoms with Gasteiger partial charge in [-0.05, 0) is 35.9 Å². The van der Waals surface area contributed by atoms with Gasteiger partial charge in [-0.2, -0.15) is 5.10 Å². The summed E-state index contributed by atoms with van der Waals surface area (Å²) in [5, 5.41) is 9.91. The van der Waals surface area contributed by atoms with E-state index in [1.54, 1.807) is 24.8 Å². The van der Waals surface area contributed by atoms with E-state index in [1.807, 2.05) is 24.4 Å². The van der Waals surface area contributed by atoms with Gasteiger partial charge in [0.1, 0.15) is 5.69 Å². The van der Waals surface area contributed by atoms with Crippen LogP contribution in [0.5, 0.6) is 0 Å². The van der Waals surface area contributed by atoms with E-state index in [-0.39, 0.29) is 0 Å². The molecule has 2 N–H and O–H groups in total. The fourth-order valence-corrected chi connectivity index (χ4v) is 3.88. The first-order chi connectivity index (χ1) is 14.9. The predicted octanol–water partition coefficient (Wildman–Crippen LogP) is 5.23. The number of hydrogen-bond acceptors (Lipinski definition) is 4. The minimum Gasteiger partial charge on any atom is -0.353 e. The highest BCUT2D eigenvalue weighted by Crippen LogP contribution is 2.34. The number of benzene rings is 2. The maximum absolute atomic E-state index is 4.59. The molecule has 4 heterocycles. The first kappa shape index (κ1) is 16.6. The van der Waals surface area contributed by atoms with E-state index in [9.17, 15) is 0 Å². The number of nitrogens with zero attached hydrogens (tertiary/aromatic N) is 4. The second-order valence-electron chi connectivity index (χ2n) is 7.11. The van der Waals surface area contributed by atoms with Crippen molar-refractivity contribution in [1.29, 1.82) is 0 Å². The number of pyridine rings is 1. The number of fused-ring (bicyclic) bond motifs is 2. The van der Waals surface area contributed by atoms with Crippen molar-refractivity contribution in [1.82, 2.24) is 30.1 Å². The van der Waals surface area contributed by atoms with Crippen LogP contribution >= 0.6 is 0 Å². The molecule has 0 bridgehead atoms. The van der Waals surface area contributed by atoms with Crippen molar-refractivity contribution in [3.8, 4) is 33.8 Å². The Hall–Kier alpha value is -4.32. The third-order valence-corrected chi connectivity index (χ3v) is 5.31. The summed E-state index contributed by atoms with van der Waals surface area (Å²) >= 11 is 0. The predicted molar refractivity (Wildman–Crippen MR) is 118 cm³/mol. The highest BCUT2D eigenvalue weighted by molar-refractivity contribution is 6.01. The van der Waals surface area contributed by atoms with Gasteiger partial charge in [-0.15, -0.1) is 0 Å². The van der Waals surface area contributed by atoms with Crippen molar-refractivity contribution in [2.45, 2.75) is 0 Å². The molecule has 6 nitrogen and oxygen atoms in total. The summed E-state index contributed by atoms with van der Waals surface area (Å²) in [6.07, 6.45) is 8.82. The van der Waals surface area contributed by atoms with Crippen LogP contribution in [0.4, 0.5) is 0 Å². The molecule has 0 fully saturated rings. The van der Waals surface area contributed by atoms with Crippen LogP contribution in [0.3, 0.4) is 0 Å². The largest absolute Gasteiger partial charge is 0.353 e. The van der Waals surface area contributed by atoms with Crippen molar-refractivity contribution in [2.24, 2.45) is 0 Å². The third kappa shape index (κ3) is 2.66. The number of H-pyrrole nitrogens is 2. The smallest absolute Gasteiger partial charge is 0.116 e. The molecule has 2 aromatic carbocycles. The van der Waals surface area contributed by atoms with Gasteiger partial charge in [-0.25, -0.2) is 0 Å².